The highest BCUT2D eigenvalue weighted by atomic mass is 32.2. The van der Waals surface area contributed by atoms with E-state index in [1.165, 1.54) is 12.8 Å². The minimum atomic E-state index is -3.45. The first kappa shape index (κ1) is 14.3. The van der Waals surface area contributed by atoms with E-state index in [4.69, 9.17) is 0 Å². The van der Waals surface area contributed by atoms with Gasteiger partial charge in [0.05, 0.1) is 5.69 Å². The first-order valence-electron chi connectivity index (χ1n) is 6.83. The van der Waals surface area contributed by atoms with Crippen molar-refractivity contribution in [1.29, 1.82) is 0 Å². The van der Waals surface area contributed by atoms with E-state index in [9.17, 15) is 8.42 Å². The molecule has 0 aliphatic heterocycles. The van der Waals surface area contributed by atoms with E-state index < -0.39 is 10.0 Å². The summed E-state index contributed by atoms with van der Waals surface area (Å²) in [6.45, 7) is 1.97. The lowest BCUT2D eigenvalue weighted by Gasteiger charge is -2.21. The molecule has 1 aliphatic rings. The minimum Gasteiger partial charge on any atom is -0.387 e. The third-order valence-electron chi connectivity index (χ3n) is 3.89. The summed E-state index contributed by atoms with van der Waals surface area (Å²) in [6.07, 6.45) is 4.67. The van der Waals surface area contributed by atoms with Crippen molar-refractivity contribution in [2.75, 3.05) is 12.4 Å². The SMILES string of the molecule is CNc1ccccc1S(=O)(=O)NC(C)C1CCCC1. The predicted molar refractivity (Wildman–Crippen MR) is 77.7 cm³/mol. The topological polar surface area (TPSA) is 58.2 Å². The lowest BCUT2D eigenvalue weighted by Crippen LogP contribution is -2.37. The molecule has 19 heavy (non-hydrogen) atoms. The molecule has 0 amide bonds. The van der Waals surface area contributed by atoms with Crippen LogP contribution in [0, 0.1) is 5.92 Å². The van der Waals surface area contributed by atoms with Gasteiger partial charge in [-0.15, -0.1) is 0 Å². The van der Waals surface area contributed by atoms with Crippen molar-refractivity contribution in [2.24, 2.45) is 5.92 Å². The molecule has 1 aromatic carbocycles. The number of rotatable bonds is 5. The van der Waals surface area contributed by atoms with Crippen LogP contribution in [-0.2, 0) is 10.0 Å². The van der Waals surface area contributed by atoms with E-state index in [-0.39, 0.29) is 6.04 Å². The fraction of sp³-hybridized carbons (Fsp3) is 0.571. The van der Waals surface area contributed by atoms with Crippen LogP contribution in [0.1, 0.15) is 32.6 Å². The molecule has 1 fully saturated rings. The molecule has 1 unspecified atom stereocenters. The first-order chi connectivity index (χ1) is 9.04. The summed E-state index contributed by atoms with van der Waals surface area (Å²) < 4.78 is 27.7. The van der Waals surface area contributed by atoms with Crippen molar-refractivity contribution in [3.8, 4) is 0 Å². The monoisotopic (exact) mass is 282 g/mol. The maximum Gasteiger partial charge on any atom is 0.242 e. The Kier molecular flexibility index (Phi) is 4.47. The molecule has 0 saturated heterocycles. The third kappa shape index (κ3) is 3.28. The molecule has 0 aromatic heterocycles. The summed E-state index contributed by atoms with van der Waals surface area (Å²) in [5.41, 5.74) is 0.633. The van der Waals surface area contributed by atoms with Crippen LogP contribution in [0.4, 0.5) is 5.69 Å². The standard InChI is InChI=1S/C14H22N2O2S/c1-11(12-7-3-4-8-12)16-19(17,18)14-10-6-5-9-13(14)15-2/h5-6,9-12,15-16H,3-4,7-8H2,1-2H3. The summed E-state index contributed by atoms with van der Waals surface area (Å²) in [7, 11) is -1.72. The van der Waals surface area contributed by atoms with Gasteiger partial charge in [0.25, 0.3) is 0 Å². The van der Waals surface area contributed by atoms with E-state index in [2.05, 4.69) is 10.0 Å². The Morgan fingerprint density at radius 2 is 1.84 bits per heavy atom. The van der Waals surface area contributed by atoms with Crippen molar-refractivity contribution in [3.05, 3.63) is 24.3 Å². The van der Waals surface area contributed by atoms with Crippen LogP contribution in [-0.4, -0.2) is 21.5 Å². The molecular formula is C14H22N2O2S. The zero-order valence-corrected chi connectivity index (χ0v) is 12.3. The quantitative estimate of drug-likeness (QED) is 0.872. The normalized spacial score (nSPS) is 18.4. The Morgan fingerprint density at radius 3 is 2.47 bits per heavy atom. The predicted octanol–water partition coefficient (Wildman–Crippen LogP) is 2.59. The average Bonchev–Trinajstić information content (AvgIpc) is 2.92. The van der Waals surface area contributed by atoms with E-state index in [1.807, 2.05) is 13.0 Å². The summed E-state index contributed by atoms with van der Waals surface area (Å²) in [6, 6.07) is 6.98. The molecule has 2 rings (SSSR count). The highest BCUT2D eigenvalue weighted by Crippen LogP contribution is 2.29. The summed E-state index contributed by atoms with van der Waals surface area (Å²) in [4.78, 5) is 0.322. The smallest absolute Gasteiger partial charge is 0.242 e. The molecule has 0 heterocycles. The highest BCUT2D eigenvalue weighted by Gasteiger charge is 2.27. The number of anilines is 1. The van der Waals surface area contributed by atoms with Crippen molar-refractivity contribution in [2.45, 2.75) is 43.5 Å². The Morgan fingerprint density at radius 1 is 1.21 bits per heavy atom. The largest absolute Gasteiger partial charge is 0.387 e. The van der Waals surface area contributed by atoms with Crippen LogP contribution in [0.3, 0.4) is 0 Å². The molecular weight excluding hydrogens is 260 g/mol. The Hall–Kier alpha value is -1.07. The number of benzene rings is 1. The van der Waals surface area contributed by atoms with Gasteiger partial charge in [-0.3, -0.25) is 0 Å². The van der Waals surface area contributed by atoms with Gasteiger partial charge < -0.3 is 5.32 Å². The Labute approximate surface area is 115 Å². The second kappa shape index (κ2) is 5.92. The van der Waals surface area contributed by atoms with E-state index in [0.29, 0.717) is 16.5 Å². The first-order valence-corrected chi connectivity index (χ1v) is 8.32. The van der Waals surface area contributed by atoms with Gasteiger partial charge in [-0.05, 0) is 37.8 Å². The number of hydrogen-bond acceptors (Lipinski definition) is 3. The van der Waals surface area contributed by atoms with Crippen LogP contribution < -0.4 is 10.0 Å². The van der Waals surface area contributed by atoms with Gasteiger partial charge in [-0.1, -0.05) is 25.0 Å². The second-order valence-electron chi connectivity index (χ2n) is 5.20. The fourth-order valence-corrected chi connectivity index (χ4v) is 4.30. The molecule has 106 valence electrons. The Balaban J connectivity index is 2.17. The molecule has 1 atom stereocenters. The number of nitrogens with one attached hydrogen (secondary N) is 2. The van der Waals surface area contributed by atoms with Crippen LogP contribution in [0.2, 0.25) is 0 Å². The molecule has 2 N–H and O–H groups in total. The zero-order chi connectivity index (χ0) is 13.9. The van der Waals surface area contributed by atoms with Gasteiger partial charge in [-0.25, -0.2) is 13.1 Å². The van der Waals surface area contributed by atoms with E-state index in [1.54, 1.807) is 25.2 Å². The molecule has 1 aliphatic carbocycles. The summed E-state index contributed by atoms with van der Waals surface area (Å²) in [5.74, 6) is 0.469. The van der Waals surface area contributed by atoms with Gasteiger partial charge in [0.2, 0.25) is 10.0 Å². The number of hydrogen-bond donors (Lipinski definition) is 2. The average molecular weight is 282 g/mol. The van der Waals surface area contributed by atoms with Gasteiger partial charge in [0, 0.05) is 13.1 Å². The van der Waals surface area contributed by atoms with E-state index in [0.717, 1.165) is 12.8 Å². The minimum absolute atomic E-state index is 0.00240. The van der Waals surface area contributed by atoms with Crippen molar-refractivity contribution >= 4 is 15.7 Å². The third-order valence-corrected chi connectivity index (χ3v) is 5.51. The lowest BCUT2D eigenvalue weighted by atomic mass is 10.0. The van der Waals surface area contributed by atoms with Crippen LogP contribution in [0.15, 0.2) is 29.2 Å². The number of para-hydroxylation sites is 1. The van der Waals surface area contributed by atoms with E-state index >= 15 is 0 Å². The molecule has 5 heteroatoms. The summed E-state index contributed by atoms with van der Waals surface area (Å²) >= 11 is 0. The molecule has 0 bridgehead atoms. The van der Waals surface area contributed by atoms with Crippen LogP contribution in [0.25, 0.3) is 0 Å². The maximum atomic E-state index is 12.4. The summed E-state index contributed by atoms with van der Waals surface area (Å²) in [5, 5.41) is 2.93. The molecule has 0 spiro atoms. The van der Waals surface area contributed by atoms with Gasteiger partial charge >= 0.3 is 0 Å². The lowest BCUT2D eigenvalue weighted by molar-refractivity contribution is 0.424. The molecule has 1 aromatic rings. The van der Waals surface area contributed by atoms with Gasteiger partial charge in [-0.2, -0.15) is 0 Å². The highest BCUT2D eigenvalue weighted by molar-refractivity contribution is 7.89. The Bertz CT molecular complexity index is 522. The van der Waals surface area contributed by atoms with Gasteiger partial charge in [0.1, 0.15) is 4.90 Å². The molecule has 4 nitrogen and oxygen atoms in total. The zero-order valence-electron chi connectivity index (χ0n) is 11.5. The van der Waals surface area contributed by atoms with Crippen molar-refractivity contribution in [3.63, 3.8) is 0 Å². The molecule has 1 saturated carbocycles. The van der Waals surface area contributed by atoms with Crippen LogP contribution in [0.5, 0.6) is 0 Å². The molecule has 0 radical (unpaired) electrons. The second-order valence-corrected chi connectivity index (χ2v) is 6.88. The van der Waals surface area contributed by atoms with Crippen molar-refractivity contribution < 1.29 is 8.42 Å². The fourth-order valence-electron chi connectivity index (χ4n) is 2.77. The van der Waals surface area contributed by atoms with Crippen LogP contribution >= 0.6 is 0 Å². The number of sulfonamides is 1. The van der Waals surface area contributed by atoms with Crippen molar-refractivity contribution in [1.82, 2.24) is 4.72 Å². The maximum absolute atomic E-state index is 12.4. The van der Waals surface area contributed by atoms with Gasteiger partial charge in [0.15, 0.2) is 0 Å².